The number of amides is 1. The fourth-order valence-electron chi connectivity index (χ4n) is 3.75. The zero-order valence-corrected chi connectivity index (χ0v) is 20.1. The van der Waals surface area contributed by atoms with E-state index in [1.54, 1.807) is 11.8 Å². The van der Waals surface area contributed by atoms with Gasteiger partial charge in [0.1, 0.15) is 11.6 Å². The minimum Gasteiger partial charge on any atom is -0.492 e. The third-order valence-electron chi connectivity index (χ3n) is 5.51. The van der Waals surface area contributed by atoms with Crippen LogP contribution in [-0.4, -0.2) is 32.1 Å². The molecule has 4 aromatic rings. The quantitative estimate of drug-likeness (QED) is 0.465. The van der Waals surface area contributed by atoms with Crippen molar-refractivity contribution < 1.29 is 9.53 Å². The highest BCUT2D eigenvalue weighted by molar-refractivity contribution is 6.06. The first-order chi connectivity index (χ1) is 16.2. The predicted octanol–water partition coefficient (Wildman–Crippen LogP) is 4.27. The molecular formula is C26H29N5O3. The molecule has 0 spiro atoms. The Kier molecular flexibility index (Phi) is 6.24. The molecule has 0 atom stereocenters. The van der Waals surface area contributed by atoms with E-state index in [1.165, 1.54) is 10.6 Å². The van der Waals surface area contributed by atoms with Gasteiger partial charge in [0.15, 0.2) is 0 Å². The summed E-state index contributed by atoms with van der Waals surface area (Å²) in [6, 6.07) is 16.5. The molecule has 8 nitrogen and oxygen atoms in total. The number of aromatic amines is 1. The van der Waals surface area contributed by atoms with Gasteiger partial charge in [-0.2, -0.15) is 9.50 Å². The van der Waals surface area contributed by atoms with Crippen molar-refractivity contribution in [3.05, 3.63) is 87.6 Å². The first-order valence-corrected chi connectivity index (χ1v) is 11.3. The van der Waals surface area contributed by atoms with Gasteiger partial charge in [-0.1, -0.05) is 45.0 Å². The van der Waals surface area contributed by atoms with Crippen LogP contribution in [0.1, 0.15) is 55.1 Å². The van der Waals surface area contributed by atoms with Gasteiger partial charge >= 0.3 is 0 Å². The molecule has 1 amide bonds. The van der Waals surface area contributed by atoms with Crippen LogP contribution in [0.25, 0.3) is 5.78 Å². The molecule has 0 aliphatic carbocycles. The van der Waals surface area contributed by atoms with E-state index in [4.69, 9.17) is 4.74 Å². The molecule has 34 heavy (non-hydrogen) atoms. The van der Waals surface area contributed by atoms with Gasteiger partial charge in [-0.25, -0.2) is 4.98 Å². The number of aryl methyl sites for hydroxylation is 1. The van der Waals surface area contributed by atoms with Gasteiger partial charge in [0.05, 0.1) is 18.8 Å². The number of aromatic nitrogens is 4. The number of fused-ring (bicyclic) bond motifs is 1. The first kappa shape index (κ1) is 23.2. The second-order valence-corrected chi connectivity index (χ2v) is 9.16. The Balaban J connectivity index is 1.77. The zero-order chi connectivity index (χ0) is 24.5. The second-order valence-electron chi connectivity index (χ2n) is 9.16. The Bertz CT molecular complexity index is 1380. The van der Waals surface area contributed by atoms with E-state index < -0.39 is 0 Å². The predicted molar refractivity (Wildman–Crippen MR) is 132 cm³/mol. The van der Waals surface area contributed by atoms with Crippen LogP contribution >= 0.6 is 0 Å². The molecule has 0 aliphatic heterocycles. The highest BCUT2D eigenvalue weighted by Gasteiger charge is 2.24. The van der Waals surface area contributed by atoms with Gasteiger partial charge in [-0.3, -0.25) is 19.6 Å². The third kappa shape index (κ3) is 4.71. The van der Waals surface area contributed by atoms with E-state index in [-0.39, 0.29) is 29.2 Å². The Labute approximate surface area is 198 Å². The van der Waals surface area contributed by atoms with Crippen molar-refractivity contribution in [2.75, 3.05) is 11.5 Å². The minimum absolute atomic E-state index is 0.0184. The lowest BCUT2D eigenvalue weighted by Gasteiger charge is -2.25. The maximum absolute atomic E-state index is 13.7. The van der Waals surface area contributed by atoms with Gasteiger partial charge in [-0.15, -0.1) is 0 Å². The summed E-state index contributed by atoms with van der Waals surface area (Å²) in [5.41, 5.74) is 2.61. The summed E-state index contributed by atoms with van der Waals surface area (Å²) < 4.78 is 7.08. The number of nitrogens with one attached hydrogen (secondary N) is 1. The third-order valence-corrected chi connectivity index (χ3v) is 5.51. The Hall–Kier alpha value is -3.94. The molecule has 0 aliphatic rings. The van der Waals surface area contributed by atoms with E-state index in [0.717, 1.165) is 5.56 Å². The molecule has 0 saturated carbocycles. The first-order valence-electron chi connectivity index (χ1n) is 11.3. The van der Waals surface area contributed by atoms with Crippen LogP contribution in [0.2, 0.25) is 0 Å². The number of carbonyl (C=O) groups excluding carboxylic acids is 1. The van der Waals surface area contributed by atoms with Crippen molar-refractivity contribution >= 4 is 17.4 Å². The normalized spacial score (nSPS) is 11.6. The average molecular weight is 460 g/mol. The molecule has 2 aromatic carbocycles. The molecule has 0 saturated heterocycles. The Morgan fingerprint density at radius 3 is 2.47 bits per heavy atom. The summed E-state index contributed by atoms with van der Waals surface area (Å²) in [4.78, 5) is 36.5. The Morgan fingerprint density at radius 1 is 1.09 bits per heavy atom. The average Bonchev–Trinajstić information content (AvgIpc) is 3.20. The highest BCUT2D eigenvalue weighted by atomic mass is 16.5. The molecule has 4 rings (SSSR count). The lowest BCUT2D eigenvalue weighted by atomic mass is 9.86. The lowest BCUT2D eigenvalue weighted by Crippen LogP contribution is -2.31. The molecule has 8 heteroatoms. The van der Waals surface area contributed by atoms with Crippen LogP contribution in [0.15, 0.2) is 59.4 Å². The maximum atomic E-state index is 13.7. The number of hydrogen-bond donors (Lipinski definition) is 1. The summed E-state index contributed by atoms with van der Waals surface area (Å²) in [6.07, 6.45) is 0. The number of benzene rings is 2. The van der Waals surface area contributed by atoms with Crippen LogP contribution in [-0.2, 0) is 12.0 Å². The van der Waals surface area contributed by atoms with Gasteiger partial charge in [0.25, 0.3) is 17.2 Å². The van der Waals surface area contributed by atoms with Crippen molar-refractivity contribution in [3.8, 4) is 5.75 Å². The minimum atomic E-state index is -0.258. The van der Waals surface area contributed by atoms with Crippen LogP contribution in [0, 0.1) is 6.92 Å². The molecule has 176 valence electrons. The molecule has 0 fully saturated rings. The number of H-pyrrole nitrogens is 1. The van der Waals surface area contributed by atoms with Crippen molar-refractivity contribution in [1.29, 1.82) is 0 Å². The van der Waals surface area contributed by atoms with Crippen LogP contribution in [0.5, 0.6) is 5.75 Å². The van der Waals surface area contributed by atoms with E-state index in [0.29, 0.717) is 35.1 Å². The van der Waals surface area contributed by atoms with Gasteiger partial charge < -0.3 is 4.74 Å². The fraction of sp³-hybridized carbons (Fsp3) is 0.308. The fourth-order valence-corrected chi connectivity index (χ4v) is 3.75. The summed E-state index contributed by atoms with van der Waals surface area (Å²) in [6.45, 7) is 10.6. The molecule has 2 heterocycles. The van der Waals surface area contributed by atoms with Gasteiger partial charge in [-0.05, 0) is 49.1 Å². The number of carbonyl (C=O) groups is 1. The van der Waals surface area contributed by atoms with Crippen molar-refractivity contribution in [1.82, 2.24) is 19.6 Å². The number of ether oxygens (including phenoxy) is 1. The van der Waals surface area contributed by atoms with Crippen LogP contribution in [0.4, 0.5) is 5.69 Å². The number of para-hydroxylation sites is 2. The van der Waals surface area contributed by atoms with Gasteiger partial charge in [0, 0.05) is 17.3 Å². The number of rotatable bonds is 6. The summed E-state index contributed by atoms with van der Waals surface area (Å²) in [5.74, 6) is 1.08. The zero-order valence-electron chi connectivity index (χ0n) is 20.1. The SMILES string of the molecule is CCOc1ccccc1N(Cc1nc2nc(C)cc(=O)n2[nH]1)C(=O)c1ccc(C(C)(C)C)cc1. The summed E-state index contributed by atoms with van der Waals surface area (Å²) >= 11 is 0. The molecular weight excluding hydrogens is 430 g/mol. The smallest absolute Gasteiger partial charge is 0.274 e. The lowest BCUT2D eigenvalue weighted by molar-refractivity contribution is 0.0983. The van der Waals surface area contributed by atoms with E-state index in [1.807, 2.05) is 55.5 Å². The van der Waals surface area contributed by atoms with E-state index in [2.05, 4.69) is 35.8 Å². The monoisotopic (exact) mass is 459 g/mol. The standard InChI is InChI=1S/C26H29N5O3/c1-6-34-21-10-8-7-9-20(21)30(24(33)18-11-13-19(14-12-18)26(3,4)5)16-22-28-25-27-17(2)15-23(32)31(25)29-22/h7-15H,6,16H2,1-5H3,(H,27,28,29). The van der Waals surface area contributed by atoms with Gasteiger partial charge in [0.2, 0.25) is 0 Å². The van der Waals surface area contributed by atoms with Crippen molar-refractivity contribution in [2.45, 2.75) is 46.6 Å². The molecule has 0 unspecified atom stereocenters. The van der Waals surface area contributed by atoms with E-state index in [9.17, 15) is 9.59 Å². The number of hydrogen-bond acceptors (Lipinski definition) is 5. The van der Waals surface area contributed by atoms with Crippen LogP contribution < -0.4 is 15.2 Å². The Morgan fingerprint density at radius 2 is 1.79 bits per heavy atom. The highest BCUT2D eigenvalue weighted by Crippen LogP contribution is 2.31. The molecule has 0 bridgehead atoms. The maximum Gasteiger partial charge on any atom is 0.274 e. The number of anilines is 1. The topological polar surface area (TPSA) is 92.6 Å². The number of nitrogens with zero attached hydrogens (tertiary/aromatic N) is 4. The van der Waals surface area contributed by atoms with E-state index >= 15 is 0 Å². The molecule has 2 aromatic heterocycles. The largest absolute Gasteiger partial charge is 0.492 e. The second kappa shape index (κ2) is 9.13. The van der Waals surface area contributed by atoms with Crippen molar-refractivity contribution in [2.24, 2.45) is 0 Å². The van der Waals surface area contributed by atoms with Crippen LogP contribution in [0.3, 0.4) is 0 Å². The molecule has 1 N–H and O–H groups in total. The van der Waals surface area contributed by atoms with Crippen molar-refractivity contribution in [3.63, 3.8) is 0 Å². The summed E-state index contributed by atoms with van der Waals surface area (Å²) in [5, 5.41) is 2.97. The summed E-state index contributed by atoms with van der Waals surface area (Å²) in [7, 11) is 0. The molecule has 0 radical (unpaired) electrons.